The number of nitrogens with zero attached hydrogens (tertiary/aromatic N) is 1. The van der Waals surface area contributed by atoms with Gasteiger partial charge in [0.2, 0.25) is 5.91 Å². The van der Waals surface area contributed by atoms with Gasteiger partial charge in [0.15, 0.2) is 0 Å². The zero-order valence-electron chi connectivity index (χ0n) is 17.8. The number of hydrogen-bond donors (Lipinski definition) is 2. The SMILES string of the molecule is Cc1cccc(COc2ccc(C=NNC(=O)C(C)C(=O)Nc3ccccc3Br)cc2)c1. The quantitative estimate of drug-likeness (QED) is 0.261. The van der Waals surface area contributed by atoms with E-state index in [1.54, 1.807) is 12.1 Å². The van der Waals surface area contributed by atoms with Gasteiger partial charge in [0.05, 0.1) is 11.9 Å². The Bertz CT molecular complexity index is 1110. The zero-order valence-corrected chi connectivity index (χ0v) is 19.4. The maximum absolute atomic E-state index is 12.3. The van der Waals surface area contributed by atoms with Crippen molar-refractivity contribution in [1.82, 2.24) is 5.43 Å². The summed E-state index contributed by atoms with van der Waals surface area (Å²) in [4.78, 5) is 24.5. The minimum Gasteiger partial charge on any atom is -0.489 e. The molecule has 1 atom stereocenters. The Morgan fingerprint density at radius 2 is 1.78 bits per heavy atom. The van der Waals surface area contributed by atoms with Crippen molar-refractivity contribution in [3.05, 3.63) is 94.0 Å². The molecule has 0 aliphatic rings. The molecule has 3 aromatic carbocycles. The molecule has 1 unspecified atom stereocenters. The van der Waals surface area contributed by atoms with Crippen molar-refractivity contribution in [3.63, 3.8) is 0 Å². The Hall–Kier alpha value is -3.45. The molecule has 0 saturated carbocycles. The van der Waals surface area contributed by atoms with Gasteiger partial charge in [0.25, 0.3) is 5.91 Å². The average Bonchev–Trinajstić information content (AvgIpc) is 2.79. The molecular weight excluding hydrogens is 470 g/mol. The first kappa shape index (κ1) is 23.2. The molecule has 0 fully saturated rings. The molecular formula is C25H24BrN3O3. The van der Waals surface area contributed by atoms with Gasteiger partial charge in [0.1, 0.15) is 18.3 Å². The number of nitrogens with one attached hydrogen (secondary N) is 2. The van der Waals surface area contributed by atoms with Gasteiger partial charge in [-0.1, -0.05) is 42.0 Å². The molecule has 2 amide bonds. The summed E-state index contributed by atoms with van der Waals surface area (Å²) >= 11 is 3.36. The van der Waals surface area contributed by atoms with Crippen LogP contribution in [0.3, 0.4) is 0 Å². The van der Waals surface area contributed by atoms with Crippen LogP contribution in [-0.2, 0) is 16.2 Å². The first-order valence-electron chi connectivity index (χ1n) is 10.1. The molecule has 0 radical (unpaired) electrons. The Morgan fingerprint density at radius 3 is 2.50 bits per heavy atom. The lowest BCUT2D eigenvalue weighted by Crippen LogP contribution is -2.34. The lowest BCUT2D eigenvalue weighted by Gasteiger charge is -2.11. The van der Waals surface area contributed by atoms with Crippen molar-refractivity contribution in [2.24, 2.45) is 11.0 Å². The summed E-state index contributed by atoms with van der Waals surface area (Å²) in [5, 5.41) is 6.67. The Balaban J connectivity index is 1.47. The van der Waals surface area contributed by atoms with E-state index in [9.17, 15) is 9.59 Å². The van der Waals surface area contributed by atoms with Crippen molar-refractivity contribution < 1.29 is 14.3 Å². The van der Waals surface area contributed by atoms with Crippen molar-refractivity contribution in [2.75, 3.05) is 5.32 Å². The summed E-state index contributed by atoms with van der Waals surface area (Å²) < 4.78 is 6.54. The average molecular weight is 494 g/mol. The smallest absolute Gasteiger partial charge is 0.252 e. The molecule has 0 aliphatic heterocycles. The lowest BCUT2D eigenvalue weighted by atomic mass is 10.1. The van der Waals surface area contributed by atoms with E-state index >= 15 is 0 Å². The third-order valence-electron chi connectivity index (χ3n) is 4.67. The van der Waals surface area contributed by atoms with Crippen LogP contribution in [0.4, 0.5) is 5.69 Å². The van der Waals surface area contributed by atoms with Gasteiger partial charge in [-0.05, 0) is 77.3 Å². The standard InChI is InChI=1S/C25H24BrN3O3/c1-17-6-5-7-20(14-17)16-32-21-12-10-19(11-13-21)15-27-29-25(31)18(2)24(30)28-23-9-4-3-8-22(23)26/h3-15,18H,16H2,1-2H3,(H,28,30)(H,29,31). The molecule has 164 valence electrons. The summed E-state index contributed by atoms with van der Waals surface area (Å²) in [7, 11) is 0. The number of rotatable bonds is 8. The number of amides is 2. The largest absolute Gasteiger partial charge is 0.489 e. The number of hydrogen-bond acceptors (Lipinski definition) is 4. The highest BCUT2D eigenvalue weighted by Crippen LogP contribution is 2.21. The number of aryl methyl sites for hydroxylation is 1. The third-order valence-corrected chi connectivity index (χ3v) is 5.37. The highest BCUT2D eigenvalue weighted by molar-refractivity contribution is 9.10. The third kappa shape index (κ3) is 6.78. The number of anilines is 1. The second-order valence-electron chi connectivity index (χ2n) is 7.27. The van der Waals surface area contributed by atoms with Crippen LogP contribution in [0.5, 0.6) is 5.75 Å². The highest BCUT2D eigenvalue weighted by Gasteiger charge is 2.21. The van der Waals surface area contributed by atoms with Crippen molar-refractivity contribution in [1.29, 1.82) is 0 Å². The molecule has 3 aromatic rings. The van der Waals surface area contributed by atoms with Gasteiger partial charge >= 0.3 is 0 Å². The molecule has 32 heavy (non-hydrogen) atoms. The van der Waals surface area contributed by atoms with E-state index in [-0.39, 0.29) is 0 Å². The number of benzene rings is 3. The Labute approximate surface area is 195 Å². The van der Waals surface area contributed by atoms with E-state index in [0.717, 1.165) is 21.3 Å². The predicted octanol–water partition coefficient (Wildman–Crippen LogP) is 5.06. The lowest BCUT2D eigenvalue weighted by molar-refractivity contribution is -0.131. The van der Waals surface area contributed by atoms with Crippen molar-refractivity contribution in [3.8, 4) is 5.75 Å². The minimum absolute atomic E-state index is 0.417. The molecule has 7 heteroatoms. The molecule has 0 spiro atoms. The molecule has 3 rings (SSSR count). The van der Waals surface area contributed by atoms with Crippen LogP contribution in [0.15, 0.2) is 82.4 Å². The monoisotopic (exact) mass is 493 g/mol. The fourth-order valence-corrected chi connectivity index (χ4v) is 3.19. The number of halogens is 1. The minimum atomic E-state index is -0.906. The number of ether oxygens (including phenoxy) is 1. The van der Waals surface area contributed by atoms with Crippen LogP contribution in [0.25, 0.3) is 0 Å². The molecule has 6 nitrogen and oxygen atoms in total. The van der Waals surface area contributed by atoms with Gasteiger partial charge in [-0.25, -0.2) is 5.43 Å². The number of para-hydroxylation sites is 1. The van der Waals surface area contributed by atoms with Crippen molar-refractivity contribution in [2.45, 2.75) is 20.5 Å². The van der Waals surface area contributed by atoms with Gasteiger partial charge in [-0.2, -0.15) is 5.10 Å². The highest BCUT2D eigenvalue weighted by atomic mass is 79.9. The summed E-state index contributed by atoms with van der Waals surface area (Å²) in [5.41, 5.74) is 6.10. The van der Waals surface area contributed by atoms with Gasteiger partial charge in [-0.15, -0.1) is 0 Å². The van der Waals surface area contributed by atoms with Crippen LogP contribution in [0.1, 0.15) is 23.6 Å². The first-order chi connectivity index (χ1) is 15.4. The molecule has 0 heterocycles. The second kappa shape index (κ2) is 11.2. The first-order valence-corrected chi connectivity index (χ1v) is 10.9. The summed E-state index contributed by atoms with van der Waals surface area (Å²) in [5.74, 6) is -1.08. The fraction of sp³-hybridized carbons (Fsp3) is 0.160. The molecule has 0 aromatic heterocycles. The van der Waals surface area contributed by atoms with Crippen molar-refractivity contribution >= 4 is 39.6 Å². The van der Waals surface area contributed by atoms with E-state index in [1.165, 1.54) is 18.7 Å². The van der Waals surface area contributed by atoms with E-state index in [2.05, 4.69) is 37.8 Å². The van der Waals surface area contributed by atoms with E-state index in [1.807, 2.05) is 61.5 Å². The maximum Gasteiger partial charge on any atom is 0.252 e. The van der Waals surface area contributed by atoms with Crippen LogP contribution < -0.4 is 15.5 Å². The summed E-state index contributed by atoms with van der Waals surface area (Å²) in [6, 6.07) is 22.7. The Morgan fingerprint density at radius 1 is 1.03 bits per heavy atom. The normalized spacial score (nSPS) is 11.7. The fourth-order valence-electron chi connectivity index (χ4n) is 2.81. The summed E-state index contributed by atoms with van der Waals surface area (Å²) in [6.07, 6.45) is 1.51. The topological polar surface area (TPSA) is 79.8 Å². The molecule has 0 saturated heterocycles. The zero-order chi connectivity index (χ0) is 22.9. The van der Waals surface area contributed by atoms with Crippen LogP contribution in [0, 0.1) is 12.8 Å². The predicted molar refractivity (Wildman–Crippen MR) is 130 cm³/mol. The van der Waals surface area contributed by atoms with E-state index in [0.29, 0.717) is 12.3 Å². The van der Waals surface area contributed by atoms with Gasteiger partial charge in [0, 0.05) is 4.47 Å². The number of hydrazone groups is 1. The maximum atomic E-state index is 12.3. The van der Waals surface area contributed by atoms with E-state index < -0.39 is 17.7 Å². The second-order valence-corrected chi connectivity index (χ2v) is 8.13. The van der Waals surface area contributed by atoms with Gasteiger partial charge < -0.3 is 10.1 Å². The van der Waals surface area contributed by atoms with Crippen LogP contribution in [-0.4, -0.2) is 18.0 Å². The van der Waals surface area contributed by atoms with Crippen LogP contribution >= 0.6 is 15.9 Å². The Kier molecular flexibility index (Phi) is 8.16. The molecule has 2 N–H and O–H groups in total. The van der Waals surface area contributed by atoms with E-state index in [4.69, 9.17) is 4.74 Å². The molecule has 0 aliphatic carbocycles. The number of carbonyl (C=O) groups is 2. The summed E-state index contributed by atoms with van der Waals surface area (Å²) in [6.45, 7) is 4.06. The number of carbonyl (C=O) groups excluding carboxylic acids is 2. The van der Waals surface area contributed by atoms with Crippen LogP contribution in [0.2, 0.25) is 0 Å². The molecule has 0 bridgehead atoms. The van der Waals surface area contributed by atoms with Gasteiger partial charge in [-0.3, -0.25) is 9.59 Å².